The van der Waals surface area contributed by atoms with Gasteiger partial charge in [0.1, 0.15) is 11.6 Å². The maximum absolute atomic E-state index is 5.52. The lowest BCUT2D eigenvalue weighted by Crippen LogP contribution is -2.57. The predicted molar refractivity (Wildman–Crippen MR) is 74.6 cm³/mol. The fraction of sp³-hybridized carbons (Fsp3) is 0.692. The summed E-state index contributed by atoms with van der Waals surface area (Å²) in [4.78, 5) is 14.3. The van der Waals surface area contributed by atoms with Crippen LogP contribution in [-0.4, -0.2) is 52.5 Å². The van der Waals surface area contributed by atoms with E-state index in [-0.39, 0.29) is 0 Å². The van der Waals surface area contributed by atoms with Crippen LogP contribution in [0.1, 0.15) is 30.9 Å². The second kappa shape index (κ2) is 5.40. The first kappa shape index (κ1) is 12.8. The molecule has 4 heterocycles. The number of aryl methyl sites for hydroxylation is 1. The van der Waals surface area contributed by atoms with Gasteiger partial charge in [-0.3, -0.25) is 9.80 Å². The number of nitrogens with one attached hydrogen (secondary N) is 1. The van der Waals surface area contributed by atoms with Gasteiger partial charge in [0.15, 0.2) is 0 Å². The molecule has 6 nitrogen and oxygen atoms in total. The van der Waals surface area contributed by atoms with Crippen LogP contribution in [0.15, 0.2) is 6.07 Å². The lowest BCUT2D eigenvalue weighted by molar-refractivity contribution is 0.00862. The Morgan fingerprint density at radius 3 is 2.68 bits per heavy atom. The normalized spacial score (nSPS) is 29.5. The van der Waals surface area contributed by atoms with Crippen molar-refractivity contribution in [2.75, 3.05) is 38.1 Å². The minimum atomic E-state index is 0.325. The van der Waals surface area contributed by atoms with Crippen molar-refractivity contribution in [1.29, 1.82) is 0 Å². The minimum absolute atomic E-state index is 0.325. The number of hydrazine groups is 1. The van der Waals surface area contributed by atoms with Crippen LogP contribution in [-0.2, 0) is 6.42 Å². The maximum Gasteiger partial charge on any atom is 0.149 e. The van der Waals surface area contributed by atoms with Crippen LogP contribution in [0.4, 0.5) is 5.82 Å². The number of nitrogen functional groups attached to an aromatic ring is 1. The van der Waals surface area contributed by atoms with Gasteiger partial charge in [-0.2, -0.15) is 0 Å². The van der Waals surface area contributed by atoms with Gasteiger partial charge in [0.2, 0.25) is 0 Å². The van der Waals surface area contributed by atoms with E-state index in [9.17, 15) is 0 Å². The van der Waals surface area contributed by atoms with Gasteiger partial charge in [0.05, 0.1) is 6.04 Å². The lowest BCUT2D eigenvalue weighted by Gasteiger charge is -2.46. The van der Waals surface area contributed by atoms with Crippen molar-refractivity contribution in [1.82, 2.24) is 19.8 Å². The van der Waals surface area contributed by atoms with E-state index in [0.717, 1.165) is 49.8 Å². The summed E-state index contributed by atoms with van der Waals surface area (Å²) in [5, 5.41) is 0. The molecule has 4 rings (SSSR count). The Morgan fingerprint density at radius 1 is 1.32 bits per heavy atom. The van der Waals surface area contributed by atoms with Gasteiger partial charge in [-0.05, 0) is 6.42 Å². The van der Waals surface area contributed by atoms with E-state index in [1.54, 1.807) is 0 Å². The molecule has 2 bridgehead atoms. The minimum Gasteiger partial charge on any atom is -0.308 e. The summed E-state index contributed by atoms with van der Waals surface area (Å²) in [6.45, 7) is 7.80. The van der Waals surface area contributed by atoms with Crippen LogP contribution in [0.25, 0.3) is 0 Å². The number of anilines is 1. The van der Waals surface area contributed by atoms with Gasteiger partial charge in [0, 0.05) is 44.5 Å². The first-order valence-electron chi connectivity index (χ1n) is 7.11. The van der Waals surface area contributed by atoms with Crippen LogP contribution in [0.5, 0.6) is 0 Å². The molecular weight excluding hydrogens is 240 g/mol. The van der Waals surface area contributed by atoms with Gasteiger partial charge in [-0.1, -0.05) is 13.3 Å². The summed E-state index contributed by atoms with van der Waals surface area (Å²) in [6.07, 6.45) is 2.06. The number of nitrogens with zero attached hydrogens (tertiary/aromatic N) is 4. The molecule has 3 N–H and O–H groups in total. The van der Waals surface area contributed by atoms with Crippen molar-refractivity contribution in [3.05, 3.63) is 17.6 Å². The van der Waals surface area contributed by atoms with Crippen LogP contribution in [0, 0.1) is 0 Å². The van der Waals surface area contributed by atoms with Gasteiger partial charge in [-0.15, -0.1) is 0 Å². The fourth-order valence-corrected chi connectivity index (χ4v) is 2.99. The van der Waals surface area contributed by atoms with E-state index in [0.29, 0.717) is 6.04 Å². The van der Waals surface area contributed by atoms with Crippen LogP contribution in [0.2, 0.25) is 0 Å². The van der Waals surface area contributed by atoms with Crippen LogP contribution < -0.4 is 11.3 Å². The highest BCUT2D eigenvalue weighted by Crippen LogP contribution is 2.27. The Hall–Kier alpha value is -1.24. The van der Waals surface area contributed by atoms with Crippen LogP contribution in [0.3, 0.4) is 0 Å². The third-order valence-electron chi connectivity index (χ3n) is 4.03. The molecule has 6 heteroatoms. The molecule has 3 aliphatic rings. The number of aromatic nitrogens is 2. The van der Waals surface area contributed by atoms with Crippen molar-refractivity contribution < 1.29 is 0 Å². The molecule has 1 unspecified atom stereocenters. The third-order valence-corrected chi connectivity index (χ3v) is 4.03. The summed E-state index contributed by atoms with van der Waals surface area (Å²) >= 11 is 0. The van der Waals surface area contributed by atoms with Crippen molar-refractivity contribution in [3.8, 4) is 0 Å². The zero-order valence-electron chi connectivity index (χ0n) is 11.5. The molecule has 104 valence electrons. The Bertz CT molecular complexity index is 441. The van der Waals surface area contributed by atoms with Crippen molar-refractivity contribution in [2.45, 2.75) is 25.8 Å². The van der Waals surface area contributed by atoms with Gasteiger partial charge in [-0.25, -0.2) is 15.8 Å². The molecule has 0 aromatic carbocycles. The zero-order chi connectivity index (χ0) is 13.2. The highest BCUT2D eigenvalue weighted by Gasteiger charge is 2.34. The molecule has 0 amide bonds. The van der Waals surface area contributed by atoms with E-state index in [1.165, 1.54) is 13.1 Å². The number of fused-ring (bicyclic) bond motifs is 3. The average molecular weight is 262 g/mol. The Labute approximate surface area is 114 Å². The molecule has 0 spiro atoms. The summed E-state index contributed by atoms with van der Waals surface area (Å²) < 4.78 is 0. The lowest BCUT2D eigenvalue weighted by atomic mass is 10.1. The number of hydrogen-bond donors (Lipinski definition) is 2. The monoisotopic (exact) mass is 262 g/mol. The van der Waals surface area contributed by atoms with E-state index >= 15 is 0 Å². The fourth-order valence-electron chi connectivity index (χ4n) is 2.99. The molecule has 19 heavy (non-hydrogen) atoms. The summed E-state index contributed by atoms with van der Waals surface area (Å²) in [5.74, 6) is 7.17. The first-order valence-corrected chi connectivity index (χ1v) is 7.11. The Balaban J connectivity index is 1.88. The Morgan fingerprint density at radius 2 is 2.11 bits per heavy atom. The Kier molecular flexibility index (Phi) is 3.63. The second-order valence-corrected chi connectivity index (χ2v) is 5.35. The standard InChI is InChI=1S/C13H22N6/c1-2-3-10-8-12(17-14)16-13(15-10)11-9-18-4-6-19(11)7-5-18/h8,11H,2-7,9,14H2,1H3,(H,15,16,17). The number of hydrogen-bond acceptors (Lipinski definition) is 6. The number of piperazine rings is 3. The van der Waals surface area contributed by atoms with E-state index in [4.69, 9.17) is 10.8 Å². The quantitative estimate of drug-likeness (QED) is 0.604. The molecular formula is C13H22N6. The van der Waals surface area contributed by atoms with E-state index < -0.39 is 0 Å². The molecule has 3 saturated heterocycles. The summed E-state index contributed by atoms with van der Waals surface area (Å²) in [6, 6.07) is 2.27. The topological polar surface area (TPSA) is 70.3 Å². The molecule has 0 radical (unpaired) electrons. The third kappa shape index (κ3) is 2.56. The molecule has 3 fully saturated rings. The van der Waals surface area contributed by atoms with Gasteiger partial charge >= 0.3 is 0 Å². The van der Waals surface area contributed by atoms with Crippen molar-refractivity contribution in [3.63, 3.8) is 0 Å². The SMILES string of the molecule is CCCc1cc(NN)nc(C2CN3CCN2CC3)n1. The smallest absolute Gasteiger partial charge is 0.149 e. The van der Waals surface area contributed by atoms with Gasteiger partial charge in [0.25, 0.3) is 0 Å². The summed E-state index contributed by atoms with van der Waals surface area (Å²) in [5.41, 5.74) is 3.75. The van der Waals surface area contributed by atoms with Crippen molar-refractivity contribution >= 4 is 5.82 Å². The van der Waals surface area contributed by atoms with Crippen molar-refractivity contribution in [2.24, 2.45) is 5.84 Å². The van der Waals surface area contributed by atoms with E-state index in [1.807, 2.05) is 6.07 Å². The number of rotatable bonds is 4. The van der Waals surface area contributed by atoms with E-state index in [2.05, 4.69) is 27.1 Å². The van der Waals surface area contributed by atoms with Crippen LogP contribution >= 0.6 is 0 Å². The predicted octanol–water partition coefficient (Wildman–Crippen LogP) is 0.387. The molecule has 1 atom stereocenters. The molecule has 0 saturated carbocycles. The highest BCUT2D eigenvalue weighted by atomic mass is 15.4. The first-order chi connectivity index (χ1) is 9.30. The average Bonchev–Trinajstić information content (AvgIpc) is 2.48. The second-order valence-electron chi connectivity index (χ2n) is 5.35. The highest BCUT2D eigenvalue weighted by molar-refractivity contribution is 5.35. The molecule has 3 aliphatic heterocycles. The number of nitrogens with two attached hydrogens (primary N) is 1. The molecule has 1 aromatic heterocycles. The largest absolute Gasteiger partial charge is 0.308 e. The molecule has 1 aromatic rings. The zero-order valence-corrected chi connectivity index (χ0v) is 11.5. The van der Waals surface area contributed by atoms with Gasteiger partial charge < -0.3 is 5.43 Å². The summed E-state index contributed by atoms with van der Waals surface area (Å²) in [7, 11) is 0. The maximum atomic E-state index is 5.52. The molecule has 0 aliphatic carbocycles.